The van der Waals surface area contributed by atoms with Gasteiger partial charge in [0.15, 0.2) is 0 Å². The molecule has 0 fully saturated rings. The van der Waals surface area contributed by atoms with Gasteiger partial charge in [0.25, 0.3) is 0 Å². The van der Waals surface area contributed by atoms with Gasteiger partial charge in [0, 0.05) is 0 Å². The number of esters is 1. The Morgan fingerprint density at radius 2 is 1.81 bits per heavy atom. The Morgan fingerprint density at radius 1 is 1.24 bits per heavy atom. The first-order valence-electron chi connectivity index (χ1n) is 7.38. The zero-order valence-electron chi connectivity index (χ0n) is 13.6. The van der Waals surface area contributed by atoms with Crippen LogP contribution in [0, 0.1) is 5.92 Å². The van der Waals surface area contributed by atoms with E-state index in [0.29, 0.717) is 12.2 Å². The molecule has 1 aromatic carbocycles. The Bertz CT molecular complexity index is 445. The number of aliphatic hydroxyl groups is 1. The maximum absolute atomic E-state index is 12.0. The predicted molar refractivity (Wildman–Crippen MR) is 82.2 cm³/mol. The third kappa shape index (κ3) is 5.76. The van der Waals surface area contributed by atoms with Gasteiger partial charge in [-0.05, 0) is 51.8 Å². The number of ether oxygens (including phenoxy) is 2. The molecule has 0 spiro atoms. The van der Waals surface area contributed by atoms with Crippen molar-refractivity contribution in [3.05, 3.63) is 29.8 Å². The molecule has 21 heavy (non-hydrogen) atoms. The number of aliphatic hydroxyl groups excluding tert-OH is 1. The maximum Gasteiger partial charge on any atom is 0.312 e. The Hall–Kier alpha value is -1.55. The molecule has 0 aliphatic rings. The minimum Gasteiger partial charge on any atom is -0.494 e. The molecule has 0 radical (unpaired) electrons. The molecule has 2 unspecified atom stereocenters. The van der Waals surface area contributed by atoms with Crippen molar-refractivity contribution >= 4 is 5.97 Å². The van der Waals surface area contributed by atoms with Crippen molar-refractivity contribution in [2.75, 3.05) is 6.61 Å². The van der Waals surface area contributed by atoms with Crippen molar-refractivity contribution in [1.82, 2.24) is 0 Å². The maximum atomic E-state index is 12.0. The van der Waals surface area contributed by atoms with Gasteiger partial charge >= 0.3 is 5.97 Å². The molecule has 0 aromatic heterocycles. The van der Waals surface area contributed by atoms with Crippen LogP contribution in [0.3, 0.4) is 0 Å². The molecule has 2 atom stereocenters. The van der Waals surface area contributed by atoms with E-state index in [9.17, 15) is 9.90 Å². The van der Waals surface area contributed by atoms with Crippen LogP contribution in [-0.2, 0) is 9.53 Å². The Balaban J connectivity index is 2.69. The largest absolute Gasteiger partial charge is 0.494 e. The van der Waals surface area contributed by atoms with Crippen molar-refractivity contribution in [3.63, 3.8) is 0 Å². The summed E-state index contributed by atoms with van der Waals surface area (Å²) in [6.07, 6.45) is 0.0557. The highest BCUT2D eigenvalue weighted by Crippen LogP contribution is 2.26. The second-order valence-electron chi connectivity index (χ2n) is 6.18. The average Bonchev–Trinajstić information content (AvgIpc) is 2.42. The van der Waals surface area contributed by atoms with Crippen LogP contribution in [0.2, 0.25) is 0 Å². The summed E-state index contributed by atoms with van der Waals surface area (Å²) < 4.78 is 10.8. The molecule has 0 bridgehead atoms. The summed E-state index contributed by atoms with van der Waals surface area (Å²) in [5.74, 6) is -0.259. The van der Waals surface area contributed by atoms with Crippen LogP contribution in [0.5, 0.6) is 5.75 Å². The first-order valence-corrected chi connectivity index (χ1v) is 7.38. The number of carbonyl (C=O) groups excluding carboxylic acids is 1. The highest BCUT2D eigenvalue weighted by Gasteiger charge is 2.28. The third-order valence-electron chi connectivity index (χ3n) is 2.95. The molecule has 118 valence electrons. The third-order valence-corrected chi connectivity index (χ3v) is 2.95. The Morgan fingerprint density at radius 3 is 2.29 bits per heavy atom. The van der Waals surface area contributed by atoms with Crippen LogP contribution < -0.4 is 4.74 Å². The lowest BCUT2D eigenvalue weighted by molar-refractivity contribution is -0.163. The molecule has 1 N–H and O–H groups in total. The van der Waals surface area contributed by atoms with Crippen molar-refractivity contribution in [3.8, 4) is 5.75 Å². The molecule has 4 heteroatoms. The first-order chi connectivity index (χ1) is 9.74. The summed E-state index contributed by atoms with van der Waals surface area (Å²) in [4.78, 5) is 12.0. The molecule has 1 rings (SSSR count). The number of rotatable bonds is 6. The normalized spacial score (nSPS) is 14.4. The lowest BCUT2D eigenvalue weighted by atomic mass is 9.97. The van der Waals surface area contributed by atoms with Crippen molar-refractivity contribution in [2.45, 2.75) is 52.7 Å². The highest BCUT2D eigenvalue weighted by atomic mass is 16.6. The van der Waals surface area contributed by atoms with Gasteiger partial charge in [-0.2, -0.15) is 0 Å². The van der Waals surface area contributed by atoms with E-state index in [0.717, 1.165) is 12.2 Å². The molecule has 0 aliphatic heterocycles. The SMILES string of the molecule is CCCOc1ccc(C(O)C(C)C(=O)OC(C)(C)C)cc1. The fourth-order valence-electron chi connectivity index (χ4n) is 1.79. The van der Waals surface area contributed by atoms with E-state index in [1.165, 1.54) is 0 Å². The summed E-state index contributed by atoms with van der Waals surface area (Å²) in [6, 6.07) is 7.15. The Labute approximate surface area is 127 Å². The summed E-state index contributed by atoms with van der Waals surface area (Å²) in [7, 11) is 0. The van der Waals surface area contributed by atoms with Gasteiger partial charge in [-0.25, -0.2) is 0 Å². The molecular formula is C17H26O4. The zero-order chi connectivity index (χ0) is 16.0. The lowest BCUT2D eigenvalue weighted by Gasteiger charge is -2.24. The molecular weight excluding hydrogens is 268 g/mol. The molecule has 0 saturated carbocycles. The van der Waals surface area contributed by atoms with E-state index in [1.54, 1.807) is 31.2 Å². The van der Waals surface area contributed by atoms with Crippen LogP contribution in [0.1, 0.15) is 52.7 Å². The fraction of sp³-hybridized carbons (Fsp3) is 0.588. The molecule has 0 saturated heterocycles. The van der Waals surface area contributed by atoms with E-state index >= 15 is 0 Å². The smallest absolute Gasteiger partial charge is 0.312 e. The second-order valence-corrected chi connectivity index (χ2v) is 6.18. The van der Waals surface area contributed by atoms with E-state index in [4.69, 9.17) is 9.47 Å². The zero-order valence-corrected chi connectivity index (χ0v) is 13.6. The quantitative estimate of drug-likeness (QED) is 0.816. The monoisotopic (exact) mass is 294 g/mol. The average molecular weight is 294 g/mol. The standard InChI is InChI=1S/C17H26O4/c1-6-11-20-14-9-7-13(8-10-14)15(18)12(2)16(19)21-17(3,4)5/h7-10,12,15,18H,6,11H2,1-5H3. The predicted octanol–water partition coefficient (Wildman–Crippen LogP) is 3.49. The van der Waals surface area contributed by atoms with Crippen LogP contribution in [0.4, 0.5) is 0 Å². The van der Waals surface area contributed by atoms with Gasteiger partial charge < -0.3 is 14.6 Å². The number of carbonyl (C=O) groups is 1. The Kier molecular flexibility index (Phi) is 6.21. The van der Waals surface area contributed by atoms with Crippen LogP contribution in [0.15, 0.2) is 24.3 Å². The van der Waals surface area contributed by atoms with Crippen molar-refractivity contribution in [1.29, 1.82) is 0 Å². The number of hydrogen-bond donors (Lipinski definition) is 1. The van der Waals surface area contributed by atoms with Gasteiger partial charge in [-0.1, -0.05) is 19.1 Å². The van der Waals surface area contributed by atoms with Crippen molar-refractivity contribution < 1.29 is 19.4 Å². The first kappa shape index (κ1) is 17.5. The highest BCUT2D eigenvalue weighted by molar-refractivity contribution is 5.73. The van der Waals surface area contributed by atoms with E-state index in [-0.39, 0.29) is 0 Å². The van der Waals surface area contributed by atoms with Crippen molar-refractivity contribution in [2.24, 2.45) is 5.92 Å². The molecule has 0 aliphatic carbocycles. The van der Waals surface area contributed by atoms with E-state index in [1.807, 2.05) is 27.7 Å². The minimum absolute atomic E-state index is 0.402. The molecule has 0 amide bonds. The second kappa shape index (κ2) is 7.46. The minimum atomic E-state index is -0.889. The van der Waals surface area contributed by atoms with E-state index in [2.05, 4.69) is 0 Å². The topological polar surface area (TPSA) is 55.8 Å². The fourth-order valence-corrected chi connectivity index (χ4v) is 1.79. The number of benzene rings is 1. The van der Waals surface area contributed by atoms with Crippen LogP contribution >= 0.6 is 0 Å². The van der Waals surface area contributed by atoms with Gasteiger partial charge in [0.1, 0.15) is 11.4 Å². The lowest BCUT2D eigenvalue weighted by Crippen LogP contribution is -2.30. The summed E-state index contributed by atoms with van der Waals surface area (Å²) in [5.41, 5.74) is 0.125. The number of hydrogen-bond acceptors (Lipinski definition) is 4. The molecule has 1 aromatic rings. The van der Waals surface area contributed by atoms with E-state index < -0.39 is 23.6 Å². The molecule has 0 heterocycles. The van der Waals surface area contributed by atoms with Crippen LogP contribution in [0.25, 0.3) is 0 Å². The summed E-state index contributed by atoms with van der Waals surface area (Å²) >= 11 is 0. The van der Waals surface area contributed by atoms with Gasteiger partial charge in [-0.15, -0.1) is 0 Å². The van der Waals surface area contributed by atoms with Gasteiger partial charge in [0.2, 0.25) is 0 Å². The molecule has 4 nitrogen and oxygen atoms in total. The van der Waals surface area contributed by atoms with Gasteiger partial charge in [-0.3, -0.25) is 4.79 Å². The summed E-state index contributed by atoms with van der Waals surface area (Å²) in [5, 5.41) is 10.3. The summed E-state index contributed by atoms with van der Waals surface area (Å²) in [6.45, 7) is 9.80. The van der Waals surface area contributed by atoms with Gasteiger partial charge in [0.05, 0.1) is 18.6 Å². The van der Waals surface area contributed by atoms with Crippen LogP contribution in [-0.4, -0.2) is 23.3 Å².